The standard InChI is InChI=1S/C21H28N/c1-16-10-5-8-13-18(16)19-14-9-15-20(22(19)4)21(2,3)17-11-6-7-12-17/h5,8-10,13-15,17H,6-7,11-12H2,1-4H3/q+1. The number of hydrogen-bond acceptors (Lipinski definition) is 0. The van der Waals surface area contributed by atoms with E-state index in [2.05, 4.69) is 74.9 Å². The summed E-state index contributed by atoms with van der Waals surface area (Å²) in [6.45, 7) is 7.06. The quantitative estimate of drug-likeness (QED) is 0.705. The molecule has 1 saturated carbocycles. The molecule has 0 saturated heterocycles. The molecule has 0 amide bonds. The van der Waals surface area contributed by atoms with E-state index in [1.165, 1.54) is 48.2 Å². The maximum atomic E-state index is 2.43. The second kappa shape index (κ2) is 5.87. The Morgan fingerprint density at radius 3 is 2.32 bits per heavy atom. The molecule has 0 atom stereocenters. The van der Waals surface area contributed by atoms with Gasteiger partial charge in [-0.3, -0.25) is 0 Å². The fourth-order valence-electron chi connectivity index (χ4n) is 4.22. The van der Waals surface area contributed by atoms with Crippen LogP contribution in [0.15, 0.2) is 42.5 Å². The van der Waals surface area contributed by atoms with Gasteiger partial charge in [-0.2, -0.15) is 4.57 Å². The summed E-state index contributed by atoms with van der Waals surface area (Å²) in [5.74, 6) is 0.811. The smallest absolute Gasteiger partial charge is 0.198 e. The summed E-state index contributed by atoms with van der Waals surface area (Å²) in [4.78, 5) is 0. The molecule has 0 N–H and O–H groups in total. The summed E-state index contributed by atoms with van der Waals surface area (Å²) in [7, 11) is 2.23. The van der Waals surface area contributed by atoms with Crippen LogP contribution >= 0.6 is 0 Å². The zero-order chi connectivity index (χ0) is 15.7. The van der Waals surface area contributed by atoms with Gasteiger partial charge in [0, 0.05) is 17.7 Å². The van der Waals surface area contributed by atoms with Gasteiger partial charge >= 0.3 is 0 Å². The van der Waals surface area contributed by atoms with Crippen LogP contribution in [0.1, 0.15) is 50.8 Å². The number of nitrogens with zero attached hydrogens (tertiary/aromatic N) is 1. The third kappa shape index (κ3) is 2.58. The van der Waals surface area contributed by atoms with Crippen LogP contribution in [0, 0.1) is 12.8 Å². The fraction of sp³-hybridized carbons (Fsp3) is 0.476. The van der Waals surface area contributed by atoms with Gasteiger partial charge in [0.2, 0.25) is 5.69 Å². The molecule has 0 radical (unpaired) electrons. The average Bonchev–Trinajstić information content (AvgIpc) is 3.03. The minimum absolute atomic E-state index is 0.240. The van der Waals surface area contributed by atoms with Gasteiger partial charge < -0.3 is 0 Å². The van der Waals surface area contributed by atoms with E-state index in [9.17, 15) is 0 Å². The first-order valence-electron chi connectivity index (χ1n) is 8.57. The molecule has 1 aliphatic rings. The summed E-state index contributed by atoms with van der Waals surface area (Å²) in [5, 5.41) is 0. The van der Waals surface area contributed by atoms with Crippen molar-refractivity contribution in [3.05, 3.63) is 53.7 Å². The van der Waals surface area contributed by atoms with Crippen LogP contribution in [0.25, 0.3) is 11.3 Å². The molecule has 0 unspecified atom stereocenters. The van der Waals surface area contributed by atoms with Crippen molar-refractivity contribution in [3.63, 3.8) is 0 Å². The van der Waals surface area contributed by atoms with Crippen molar-refractivity contribution >= 4 is 0 Å². The third-order valence-corrected chi connectivity index (χ3v) is 5.69. The highest BCUT2D eigenvalue weighted by molar-refractivity contribution is 5.60. The third-order valence-electron chi connectivity index (χ3n) is 5.69. The number of benzene rings is 1. The predicted molar refractivity (Wildman–Crippen MR) is 92.8 cm³/mol. The van der Waals surface area contributed by atoms with E-state index in [0.29, 0.717) is 0 Å². The molecule has 1 heteroatoms. The fourth-order valence-corrected chi connectivity index (χ4v) is 4.22. The van der Waals surface area contributed by atoms with E-state index < -0.39 is 0 Å². The molecule has 1 aliphatic carbocycles. The molecule has 3 rings (SSSR count). The van der Waals surface area contributed by atoms with E-state index in [4.69, 9.17) is 0 Å². The summed E-state index contributed by atoms with van der Waals surface area (Å²) >= 11 is 0. The molecule has 0 aliphatic heterocycles. The molecular formula is C21H28N+. The highest BCUT2D eigenvalue weighted by Gasteiger charge is 2.39. The lowest BCUT2D eigenvalue weighted by Gasteiger charge is -2.29. The number of aryl methyl sites for hydroxylation is 1. The van der Waals surface area contributed by atoms with Crippen LogP contribution in [0.2, 0.25) is 0 Å². The Labute approximate surface area is 135 Å². The maximum absolute atomic E-state index is 2.43. The monoisotopic (exact) mass is 294 g/mol. The Balaban J connectivity index is 2.08. The first kappa shape index (κ1) is 15.3. The molecule has 1 nitrogen and oxygen atoms in total. The molecule has 22 heavy (non-hydrogen) atoms. The van der Waals surface area contributed by atoms with Gasteiger partial charge in [0.25, 0.3) is 0 Å². The van der Waals surface area contributed by atoms with Crippen LogP contribution in [0.3, 0.4) is 0 Å². The number of hydrogen-bond donors (Lipinski definition) is 0. The summed E-state index contributed by atoms with van der Waals surface area (Å²) in [5.41, 5.74) is 5.70. The van der Waals surface area contributed by atoms with Crippen LogP contribution in [0.5, 0.6) is 0 Å². The van der Waals surface area contributed by atoms with Crippen molar-refractivity contribution in [2.75, 3.05) is 0 Å². The molecule has 1 heterocycles. The van der Waals surface area contributed by atoms with Crippen molar-refractivity contribution in [1.29, 1.82) is 0 Å². The van der Waals surface area contributed by atoms with Gasteiger partial charge in [0.15, 0.2) is 5.69 Å². The second-order valence-corrected chi connectivity index (χ2v) is 7.37. The normalized spacial score (nSPS) is 16.2. The Morgan fingerprint density at radius 1 is 0.955 bits per heavy atom. The van der Waals surface area contributed by atoms with E-state index in [1.54, 1.807) is 0 Å². The van der Waals surface area contributed by atoms with Crippen LogP contribution in [-0.2, 0) is 12.5 Å². The van der Waals surface area contributed by atoms with Gasteiger partial charge in [0.1, 0.15) is 7.05 Å². The van der Waals surface area contributed by atoms with Gasteiger partial charge in [0.05, 0.1) is 5.41 Å². The topological polar surface area (TPSA) is 3.88 Å². The Bertz CT molecular complexity index is 663. The van der Waals surface area contributed by atoms with Crippen LogP contribution in [-0.4, -0.2) is 0 Å². The van der Waals surface area contributed by atoms with Crippen molar-refractivity contribution in [3.8, 4) is 11.3 Å². The number of rotatable bonds is 3. The Morgan fingerprint density at radius 2 is 1.64 bits per heavy atom. The highest BCUT2D eigenvalue weighted by Crippen LogP contribution is 2.41. The van der Waals surface area contributed by atoms with E-state index in [1.807, 2.05) is 0 Å². The predicted octanol–water partition coefficient (Wildman–Crippen LogP) is 4.95. The molecule has 1 aromatic heterocycles. The molecular weight excluding hydrogens is 266 g/mol. The molecule has 1 fully saturated rings. The Hall–Kier alpha value is -1.63. The van der Waals surface area contributed by atoms with E-state index in [0.717, 1.165) is 5.92 Å². The lowest BCUT2D eigenvalue weighted by molar-refractivity contribution is -0.672. The van der Waals surface area contributed by atoms with Crippen molar-refractivity contribution in [2.45, 2.75) is 51.9 Å². The van der Waals surface area contributed by atoms with Gasteiger partial charge in [-0.1, -0.05) is 31.0 Å². The molecule has 0 bridgehead atoms. The maximum Gasteiger partial charge on any atom is 0.212 e. The number of aromatic nitrogens is 1. The zero-order valence-corrected chi connectivity index (χ0v) is 14.4. The van der Waals surface area contributed by atoms with Crippen molar-refractivity contribution < 1.29 is 4.57 Å². The largest absolute Gasteiger partial charge is 0.212 e. The molecule has 1 aromatic carbocycles. The second-order valence-electron chi connectivity index (χ2n) is 7.37. The first-order valence-corrected chi connectivity index (χ1v) is 8.57. The lowest BCUT2D eigenvalue weighted by atomic mass is 9.74. The zero-order valence-electron chi connectivity index (χ0n) is 14.4. The van der Waals surface area contributed by atoms with Gasteiger partial charge in [-0.15, -0.1) is 0 Å². The summed E-state index contributed by atoms with van der Waals surface area (Å²) in [6.07, 6.45) is 5.55. The molecule has 2 aromatic rings. The van der Waals surface area contributed by atoms with Crippen molar-refractivity contribution in [2.24, 2.45) is 13.0 Å². The van der Waals surface area contributed by atoms with Crippen LogP contribution < -0.4 is 4.57 Å². The van der Waals surface area contributed by atoms with Gasteiger partial charge in [-0.25, -0.2) is 0 Å². The average molecular weight is 294 g/mol. The summed E-state index contributed by atoms with van der Waals surface area (Å²) in [6, 6.07) is 15.5. The minimum Gasteiger partial charge on any atom is -0.198 e. The Kier molecular flexibility index (Phi) is 4.08. The summed E-state index contributed by atoms with van der Waals surface area (Å²) < 4.78 is 2.42. The molecule has 116 valence electrons. The van der Waals surface area contributed by atoms with Gasteiger partial charge in [-0.05, 0) is 57.2 Å². The highest BCUT2D eigenvalue weighted by atomic mass is 15.0. The lowest BCUT2D eigenvalue weighted by Crippen LogP contribution is -2.45. The van der Waals surface area contributed by atoms with E-state index >= 15 is 0 Å². The molecule has 0 spiro atoms. The van der Waals surface area contributed by atoms with E-state index in [-0.39, 0.29) is 5.41 Å². The minimum atomic E-state index is 0.240. The van der Waals surface area contributed by atoms with Crippen LogP contribution in [0.4, 0.5) is 0 Å². The van der Waals surface area contributed by atoms with Crippen molar-refractivity contribution in [1.82, 2.24) is 0 Å². The number of pyridine rings is 1. The first-order chi connectivity index (χ1) is 10.5. The SMILES string of the molecule is Cc1ccccc1-c1cccc(C(C)(C)C2CCCC2)[n+]1C.